The van der Waals surface area contributed by atoms with Gasteiger partial charge < -0.3 is 20.7 Å². The van der Waals surface area contributed by atoms with Crippen LogP contribution in [0.5, 0.6) is 0 Å². The number of halogens is 1. The summed E-state index contributed by atoms with van der Waals surface area (Å²) in [4.78, 5) is 11.1. The molecular formula is C11H14FN5O3. The Morgan fingerprint density at radius 2 is 2.35 bits per heavy atom. The highest BCUT2D eigenvalue weighted by Gasteiger charge is 2.45. The fraction of sp³-hybridized carbons (Fsp3) is 0.545. The van der Waals surface area contributed by atoms with E-state index in [-0.39, 0.29) is 30.0 Å². The molecule has 3 atom stereocenters. The second-order valence-electron chi connectivity index (χ2n) is 5.00. The highest BCUT2D eigenvalue weighted by Crippen LogP contribution is 2.37. The number of nitrogen functional groups attached to an aromatic ring is 1. The van der Waals surface area contributed by atoms with Gasteiger partial charge in [-0.05, 0) is 6.92 Å². The highest BCUT2D eigenvalue weighted by molar-refractivity contribution is 5.81. The molecule has 0 saturated carbocycles. The van der Waals surface area contributed by atoms with Crippen LogP contribution in [0, 0.1) is 6.08 Å². The minimum absolute atomic E-state index is 0.0604. The number of rotatable bonds is 2. The molecule has 1 aliphatic rings. The van der Waals surface area contributed by atoms with Crippen molar-refractivity contribution in [2.45, 2.75) is 31.3 Å². The maximum absolute atomic E-state index is 13.3. The van der Waals surface area contributed by atoms with Crippen LogP contribution in [0.3, 0.4) is 0 Å². The molecule has 1 unspecified atom stereocenters. The summed E-state index contributed by atoms with van der Waals surface area (Å²) in [7, 11) is 0. The topological polar surface area (TPSA) is 119 Å². The Morgan fingerprint density at radius 3 is 3.00 bits per heavy atom. The minimum Gasteiger partial charge on any atom is -0.393 e. The summed E-state index contributed by atoms with van der Waals surface area (Å²) in [5, 5.41) is 19.2. The highest BCUT2D eigenvalue weighted by atomic mass is 19.1. The number of hydrogen-bond acceptors (Lipinski definition) is 7. The number of anilines is 1. The lowest BCUT2D eigenvalue weighted by molar-refractivity contribution is -0.115. The van der Waals surface area contributed by atoms with Crippen molar-refractivity contribution in [2.24, 2.45) is 0 Å². The monoisotopic (exact) mass is 283 g/mol. The van der Waals surface area contributed by atoms with Gasteiger partial charge in [0, 0.05) is 6.42 Å². The SMILES string of the molecule is C[C@]1(CO)OC(n2cnc3c(N)nc(F)nc32)C[C@@H]1O. The van der Waals surface area contributed by atoms with E-state index in [9.17, 15) is 14.6 Å². The Balaban J connectivity index is 2.04. The number of nitrogens with zero attached hydrogens (tertiary/aromatic N) is 4. The molecule has 0 aliphatic carbocycles. The molecule has 0 spiro atoms. The zero-order chi connectivity index (χ0) is 14.5. The van der Waals surface area contributed by atoms with E-state index in [1.54, 1.807) is 6.92 Å². The molecule has 0 amide bonds. The average molecular weight is 283 g/mol. The molecule has 8 nitrogen and oxygen atoms in total. The van der Waals surface area contributed by atoms with E-state index in [1.165, 1.54) is 10.9 Å². The summed E-state index contributed by atoms with van der Waals surface area (Å²) < 4.78 is 20.4. The lowest BCUT2D eigenvalue weighted by Gasteiger charge is -2.24. The van der Waals surface area contributed by atoms with Gasteiger partial charge in [-0.3, -0.25) is 4.57 Å². The summed E-state index contributed by atoms with van der Waals surface area (Å²) in [5.41, 5.74) is 4.96. The zero-order valence-electron chi connectivity index (χ0n) is 10.7. The molecule has 3 rings (SSSR count). The molecule has 108 valence electrons. The number of aliphatic hydroxyl groups is 2. The van der Waals surface area contributed by atoms with Crippen molar-refractivity contribution < 1.29 is 19.3 Å². The summed E-state index contributed by atoms with van der Waals surface area (Å²) in [6.45, 7) is 1.27. The molecule has 3 heterocycles. The maximum Gasteiger partial charge on any atom is 0.312 e. The Bertz CT molecular complexity index is 663. The third-order valence-electron chi connectivity index (χ3n) is 3.58. The van der Waals surface area contributed by atoms with Crippen molar-refractivity contribution in [2.75, 3.05) is 12.3 Å². The summed E-state index contributed by atoms with van der Waals surface area (Å²) >= 11 is 0. The fourth-order valence-corrected chi connectivity index (χ4v) is 2.31. The second kappa shape index (κ2) is 4.33. The van der Waals surface area contributed by atoms with Gasteiger partial charge in [0.25, 0.3) is 0 Å². The molecule has 1 saturated heterocycles. The smallest absolute Gasteiger partial charge is 0.312 e. The first-order chi connectivity index (χ1) is 9.44. The molecule has 0 radical (unpaired) electrons. The van der Waals surface area contributed by atoms with Crippen LogP contribution in [0.4, 0.5) is 10.2 Å². The molecule has 1 fully saturated rings. The summed E-state index contributed by atoms with van der Waals surface area (Å²) in [5.74, 6) is -0.0604. The number of aromatic nitrogens is 4. The normalized spacial score (nSPS) is 30.2. The Hall–Kier alpha value is -1.84. The van der Waals surface area contributed by atoms with Gasteiger partial charge in [0.2, 0.25) is 0 Å². The van der Waals surface area contributed by atoms with E-state index in [1.807, 2.05) is 0 Å². The number of nitrogens with two attached hydrogens (primary N) is 1. The van der Waals surface area contributed by atoms with Gasteiger partial charge in [-0.1, -0.05) is 0 Å². The second-order valence-corrected chi connectivity index (χ2v) is 5.00. The van der Waals surface area contributed by atoms with Crippen molar-refractivity contribution in [3.63, 3.8) is 0 Å². The Kier molecular flexibility index (Phi) is 2.85. The molecule has 0 bridgehead atoms. The van der Waals surface area contributed by atoms with E-state index in [2.05, 4.69) is 15.0 Å². The van der Waals surface area contributed by atoms with Crippen molar-refractivity contribution in [3.05, 3.63) is 12.4 Å². The van der Waals surface area contributed by atoms with Crippen molar-refractivity contribution in [1.29, 1.82) is 0 Å². The third kappa shape index (κ3) is 1.82. The molecule has 4 N–H and O–H groups in total. The average Bonchev–Trinajstić information content (AvgIpc) is 2.92. The van der Waals surface area contributed by atoms with Crippen molar-refractivity contribution in [1.82, 2.24) is 19.5 Å². The quantitative estimate of drug-likeness (QED) is 0.640. The van der Waals surface area contributed by atoms with E-state index in [0.717, 1.165) is 0 Å². The van der Waals surface area contributed by atoms with Gasteiger partial charge in [0.05, 0.1) is 19.0 Å². The van der Waals surface area contributed by atoms with Gasteiger partial charge in [0.1, 0.15) is 11.8 Å². The third-order valence-corrected chi connectivity index (χ3v) is 3.58. The molecule has 2 aromatic rings. The largest absolute Gasteiger partial charge is 0.393 e. The van der Waals surface area contributed by atoms with E-state index < -0.39 is 24.0 Å². The van der Waals surface area contributed by atoms with Crippen LogP contribution < -0.4 is 5.73 Å². The zero-order valence-corrected chi connectivity index (χ0v) is 10.7. The van der Waals surface area contributed by atoms with Gasteiger partial charge in [0.15, 0.2) is 17.0 Å². The Morgan fingerprint density at radius 1 is 1.60 bits per heavy atom. The molecule has 0 aromatic carbocycles. The first-order valence-corrected chi connectivity index (χ1v) is 6.07. The maximum atomic E-state index is 13.3. The van der Waals surface area contributed by atoms with Crippen LogP contribution in [-0.4, -0.2) is 48.0 Å². The fourth-order valence-electron chi connectivity index (χ4n) is 2.31. The van der Waals surface area contributed by atoms with Gasteiger partial charge >= 0.3 is 6.08 Å². The molecule has 2 aromatic heterocycles. The van der Waals surface area contributed by atoms with Crippen LogP contribution in [0.2, 0.25) is 0 Å². The van der Waals surface area contributed by atoms with Crippen LogP contribution in [0.1, 0.15) is 19.6 Å². The van der Waals surface area contributed by atoms with E-state index >= 15 is 0 Å². The van der Waals surface area contributed by atoms with E-state index in [0.29, 0.717) is 0 Å². The number of fused-ring (bicyclic) bond motifs is 1. The first kappa shape index (κ1) is 13.2. The van der Waals surface area contributed by atoms with Gasteiger partial charge in [-0.25, -0.2) is 4.98 Å². The summed E-state index contributed by atoms with van der Waals surface area (Å²) in [6.07, 6.45) is -0.788. The van der Waals surface area contributed by atoms with Crippen LogP contribution in [0.15, 0.2) is 6.33 Å². The lowest BCUT2D eigenvalue weighted by Crippen LogP contribution is -2.39. The van der Waals surface area contributed by atoms with Crippen LogP contribution in [0.25, 0.3) is 11.2 Å². The van der Waals surface area contributed by atoms with Crippen molar-refractivity contribution >= 4 is 17.0 Å². The number of hydrogen-bond donors (Lipinski definition) is 3. The minimum atomic E-state index is -1.07. The number of imidazole rings is 1. The first-order valence-electron chi connectivity index (χ1n) is 6.07. The van der Waals surface area contributed by atoms with Crippen molar-refractivity contribution in [3.8, 4) is 0 Å². The predicted octanol–water partition coefficient (Wildman–Crippen LogP) is -0.422. The molecule has 9 heteroatoms. The van der Waals surface area contributed by atoms with E-state index in [4.69, 9.17) is 10.5 Å². The predicted molar refractivity (Wildman–Crippen MR) is 65.9 cm³/mol. The molecular weight excluding hydrogens is 269 g/mol. The van der Waals surface area contributed by atoms with Crippen LogP contribution in [-0.2, 0) is 4.74 Å². The number of ether oxygens (including phenoxy) is 1. The van der Waals surface area contributed by atoms with Gasteiger partial charge in [-0.2, -0.15) is 14.4 Å². The van der Waals surface area contributed by atoms with Crippen LogP contribution >= 0.6 is 0 Å². The number of aliphatic hydroxyl groups excluding tert-OH is 2. The molecule has 1 aliphatic heterocycles. The lowest BCUT2D eigenvalue weighted by atomic mass is 10.0. The standard InChI is InChI=1S/C11H14FN5O3/c1-11(3-18)5(19)2-6(20-11)17-4-14-7-8(13)15-10(12)16-9(7)17/h4-6,18-19H,2-3H2,1H3,(H2,13,15,16)/t5-,6?,11+/m0/s1. The Labute approximate surface area is 113 Å². The summed E-state index contributed by atoms with van der Waals surface area (Å²) in [6, 6.07) is 0. The van der Waals surface area contributed by atoms with Gasteiger partial charge in [-0.15, -0.1) is 0 Å². The molecule has 20 heavy (non-hydrogen) atoms.